The standard InChI is InChI=1S/C11H10BrClN4O/c12-8-2-1-7(5-9(8)13)11(18)14-4-3-10-15-6-16-17-10/h1-2,5-6H,3-4H2,(H,14,18)(H,15,16,17). The molecular formula is C11H10BrClN4O. The third-order valence-corrected chi connectivity index (χ3v) is 3.53. The number of aromatic nitrogens is 3. The van der Waals surface area contributed by atoms with Crippen molar-refractivity contribution >= 4 is 33.4 Å². The molecule has 0 aliphatic carbocycles. The molecule has 7 heteroatoms. The van der Waals surface area contributed by atoms with Crippen molar-refractivity contribution in [1.29, 1.82) is 0 Å². The number of hydrogen-bond donors (Lipinski definition) is 2. The minimum atomic E-state index is -0.163. The normalized spacial score (nSPS) is 10.3. The monoisotopic (exact) mass is 328 g/mol. The summed E-state index contributed by atoms with van der Waals surface area (Å²) < 4.78 is 0.766. The molecule has 2 N–H and O–H groups in total. The molecule has 0 fully saturated rings. The van der Waals surface area contributed by atoms with Crippen LogP contribution in [0, 0.1) is 0 Å². The maximum atomic E-state index is 11.8. The second-order valence-electron chi connectivity index (χ2n) is 3.57. The highest BCUT2D eigenvalue weighted by Gasteiger charge is 2.07. The van der Waals surface area contributed by atoms with E-state index in [1.54, 1.807) is 18.2 Å². The molecule has 0 unspecified atom stereocenters. The summed E-state index contributed by atoms with van der Waals surface area (Å²) in [4.78, 5) is 15.8. The van der Waals surface area contributed by atoms with E-state index in [-0.39, 0.29) is 5.91 Å². The van der Waals surface area contributed by atoms with E-state index in [4.69, 9.17) is 11.6 Å². The van der Waals surface area contributed by atoms with Crippen LogP contribution in [-0.2, 0) is 6.42 Å². The number of nitrogens with zero attached hydrogens (tertiary/aromatic N) is 2. The molecular weight excluding hydrogens is 320 g/mol. The Morgan fingerprint density at radius 3 is 3.00 bits per heavy atom. The van der Waals surface area contributed by atoms with Crippen molar-refractivity contribution in [3.05, 3.63) is 45.4 Å². The fourth-order valence-electron chi connectivity index (χ4n) is 1.39. The largest absolute Gasteiger partial charge is 0.352 e. The minimum absolute atomic E-state index is 0.163. The molecule has 0 saturated carbocycles. The van der Waals surface area contributed by atoms with E-state index < -0.39 is 0 Å². The number of rotatable bonds is 4. The number of nitrogens with one attached hydrogen (secondary N) is 2. The molecule has 0 aliphatic heterocycles. The third kappa shape index (κ3) is 3.30. The van der Waals surface area contributed by atoms with Crippen LogP contribution in [0.1, 0.15) is 16.2 Å². The zero-order valence-corrected chi connectivity index (χ0v) is 11.6. The van der Waals surface area contributed by atoms with Gasteiger partial charge in [-0.25, -0.2) is 4.98 Å². The molecule has 2 rings (SSSR count). The van der Waals surface area contributed by atoms with Gasteiger partial charge >= 0.3 is 0 Å². The predicted molar refractivity (Wildman–Crippen MR) is 71.6 cm³/mol. The molecule has 1 aromatic carbocycles. The van der Waals surface area contributed by atoms with Gasteiger partial charge in [0.1, 0.15) is 12.2 Å². The lowest BCUT2D eigenvalue weighted by molar-refractivity contribution is 0.0954. The molecule has 1 amide bonds. The van der Waals surface area contributed by atoms with Crippen molar-refractivity contribution in [3.63, 3.8) is 0 Å². The first-order valence-electron chi connectivity index (χ1n) is 5.24. The first-order chi connectivity index (χ1) is 8.66. The van der Waals surface area contributed by atoms with Crippen LogP contribution in [0.25, 0.3) is 0 Å². The van der Waals surface area contributed by atoms with Gasteiger partial charge in [0.2, 0.25) is 0 Å². The number of aromatic amines is 1. The van der Waals surface area contributed by atoms with E-state index in [1.807, 2.05) is 0 Å². The number of H-pyrrole nitrogens is 1. The highest BCUT2D eigenvalue weighted by atomic mass is 79.9. The molecule has 0 radical (unpaired) electrons. The maximum absolute atomic E-state index is 11.8. The van der Waals surface area contributed by atoms with Crippen LogP contribution in [0.3, 0.4) is 0 Å². The van der Waals surface area contributed by atoms with Crippen molar-refractivity contribution in [2.45, 2.75) is 6.42 Å². The van der Waals surface area contributed by atoms with Gasteiger partial charge in [-0.2, -0.15) is 5.10 Å². The number of halogens is 2. The number of benzene rings is 1. The van der Waals surface area contributed by atoms with E-state index in [2.05, 4.69) is 36.4 Å². The molecule has 0 bridgehead atoms. The van der Waals surface area contributed by atoms with Gasteiger partial charge in [-0.05, 0) is 34.1 Å². The van der Waals surface area contributed by atoms with Gasteiger partial charge in [0.05, 0.1) is 5.02 Å². The summed E-state index contributed by atoms with van der Waals surface area (Å²) in [5, 5.41) is 9.75. The highest BCUT2D eigenvalue weighted by molar-refractivity contribution is 9.10. The fraction of sp³-hybridized carbons (Fsp3) is 0.182. The van der Waals surface area contributed by atoms with Crippen LogP contribution in [0.5, 0.6) is 0 Å². The quantitative estimate of drug-likeness (QED) is 0.903. The number of amides is 1. The van der Waals surface area contributed by atoms with Gasteiger partial charge < -0.3 is 5.32 Å². The van der Waals surface area contributed by atoms with E-state index in [1.165, 1.54) is 6.33 Å². The van der Waals surface area contributed by atoms with Crippen LogP contribution >= 0.6 is 27.5 Å². The molecule has 94 valence electrons. The van der Waals surface area contributed by atoms with Gasteiger partial charge in [-0.1, -0.05) is 11.6 Å². The number of hydrogen-bond acceptors (Lipinski definition) is 3. The SMILES string of the molecule is O=C(NCCc1ncn[nH]1)c1ccc(Br)c(Cl)c1. The Labute approximate surface area is 117 Å². The van der Waals surface area contributed by atoms with Crippen molar-refractivity contribution in [1.82, 2.24) is 20.5 Å². The second kappa shape index (κ2) is 5.97. The Balaban J connectivity index is 1.89. The zero-order chi connectivity index (χ0) is 13.0. The molecule has 0 spiro atoms. The first kappa shape index (κ1) is 13.0. The van der Waals surface area contributed by atoms with Crippen molar-refractivity contribution in [2.24, 2.45) is 0 Å². The molecule has 1 aromatic heterocycles. The lowest BCUT2D eigenvalue weighted by Gasteiger charge is -2.05. The second-order valence-corrected chi connectivity index (χ2v) is 4.83. The van der Waals surface area contributed by atoms with Crippen LogP contribution < -0.4 is 5.32 Å². The van der Waals surface area contributed by atoms with Gasteiger partial charge in [0.15, 0.2) is 0 Å². The summed E-state index contributed by atoms with van der Waals surface area (Å²) in [7, 11) is 0. The van der Waals surface area contributed by atoms with E-state index >= 15 is 0 Å². The molecule has 5 nitrogen and oxygen atoms in total. The lowest BCUT2D eigenvalue weighted by Crippen LogP contribution is -2.25. The van der Waals surface area contributed by atoms with Crippen molar-refractivity contribution < 1.29 is 4.79 Å². The average molecular weight is 330 g/mol. The Morgan fingerprint density at radius 1 is 1.50 bits per heavy atom. The summed E-state index contributed by atoms with van der Waals surface area (Å²) in [6.07, 6.45) is 2.04. The third-order valence-electron chi connectivity index (χ3n) is 2.29. The summed E-state index contributed by atoms with van der Waals surface area (Å²) in [6.45, 7) is 0.488. The molecule has 2 aromatic rings. The molecule has 0 aliphatic rings. The van der Waals surface area contributed by atoms with Crippen LogP contribution in [0.2, 0.25) is 5.02 Å². The topological polar surface area (TPSA) is 70.7 Å². The fourth-order valence-corrected chi connectivity index (χ4v) is 1.81. The Morgan fingerprint density at radius 2 is 2.33 bits per heavy atom. The maximum Gasteiger partial charge on any atom is 0.251 e. The van der Waals surface area contributed by atoms with Crippen LogP contribution in [0.15, 0.2) is 29.0 Å². The summed E-state index contributed by atoms with van der Waals surface area (Å²) in [5.41, 5.74) is 0.528. The Hall–Kier alpha value is -1.40. The van der Waals surface area contributed by atoms with Gasteiger partial charge in [0, 0.05) is 23.0 Å². The van der Waals surface area contributed by atoms with Crippen molar-refractivity contribution in [2.75, 3.05) is 6.54 Å². The lowest BCUT2D eigenvalue weighted by atomic mass is 10.2. The highest BCUT2D eigenvalue weighted by Crippen LogP contribution is 2.23. The first-order valence-corrected chi connectivity index (χ1v) is 6.41. The smallest absolute Gasteiger partial charge is 0.251 e. The molecule has 0 atom stereocenters. The number of carbonyl (C=O) groups excluding carboxylic acids is 1. The summed E-state index contributed by atoms with van der Waals surface area (Å²) in [6, 6.07) is 5.07. The summed E-state index contributed by atoms with van der Waals surface area (Å²) in [5.74, 6) is 0.577. The van der Waals surface area contributed by atoms with Gasteiger partial charge in [-0.15, -0.1) is 0 Å². The minimum Gasteiger partial charge on any atom is -0.352 e. The molecule has 1 heterocycles. The van der Waals surface area contributed by atoms with E-state index in [9.17, 15) is 4.79 Å². The van der Waals surface area contributed by atoms with E-state index in [0.717, 1.165) is 10.3 Å². The van der Waals surface area contributed by atoms with Gasteiger partial charge in [0.25, 0.3) is 5.91 Å². The Kier molecular flexibility index (Phi) is 4.33. The summed E-state index contributed by atoms with van der Waals surface area (Å²) >= 11 is 9.20. The van der Waals surface area contributed by atoms with Crippen LogP contribution in [-0.4, -0.2) is 27.6 Å². The predicted octanol–water partition coefficient (Wildman–Crippen LogP) is 2.19. The zero-order valence-electron chi connectivity index (χ0n) is 9.28. The molecule has 0 saturated heterocycles. The van der Waals surface area contributed by atoms with Crippen molar-refractivity contribution in [3.8, 4) is 0 Å². The number of carbonyl (C=O) groups is 1. The molecule has 18 heavy (non-hydrogen) atoms. The van der Waals surface area contributed by atoms with Gasteiger partial charge in [-0.3, -0.25) is 9.89 Å². The Bertz CT molecular complexity index is 544. The van der Waals surface area contributed by atoms with E-state index in [0.29, 0.717) is 23.6 Å². The van der Waals surface area contributed by atoms with Crippen LogP contribution in [0.4, 0.5) is 0 Å². The average Bonchev–Trinajstić information content (AvgIpc) is 2.85.